The number of hydrazone groups is 1. The predicted octanol–water partition coefficient (Wildman–Crippen LogP) is 0.974. The van der Waals surface area contributed by atoms with Gasteiger partial charge in [-0.3, -0.25) is 5.01 Å². The molecule has 0 saturated carbocycles. The summed E-state index contributed by atoms with van der Waals surface area (Å²) < 4.78 is 0. The molecule has 0 bridgehead atoms. The summed E-state index contributed by atoms with van der Waals surface area (Å²) in [6.07, 6.45) is 1.80. The Bertz CT molecular complexity index is 370. The van der Waals surface area contributed by atoms with Gasteiger partial charge in [0, 0.05) is 26.2 Å². The second-order valence-corrected chi connectivity index (χ2v) is 4.10. The van der Waals surface area contributed by atoms with E-state index in [9.17, 15) is 5.11 Å². The predicted molar refractivity (Wildman–Crippen MR) is 64.8 cm³/mol. The van der Waals surface area contributed by atoms with Crippen molar-refractivity contribution in [3.63, 3.8) is 0 Å². The summed E-state index contributed by atoms with van der Waals surface area (Å²) >= 11 is 0. The van der Waals surface area contributed by atoms with E-state index in [1.807, 2.05) is 12.1 Å². The molecular weight excluding hydrogens is 202 g/mol. The van der Waals surface area contributed by atoms with Gasteiger partial charge in [-0.2, -0.15) is 5.10 Å². The molecule has 0 atom stereocenters. The molecule has 0 aromatic heterocycles. The van der Waals surface area contributed by atoms with Gasteiger partial charge in [-0.15, -0.1) is 0 Å². The van der Waals surface area contributed by atoms with E-state index in [4.69, 9.17) is 0 Å². The Kier molecular flexibility index (Phi) is 3.41. The van der Waals surface area contributed by atoms with Crippen LogP contribution in [0, 0.1) is 0 Å². The third-order valence-corrected chi connectivity index (χ3v) is 2.72. The maximum Gasteiger partial charge on any atom is 0.116 e. The van der Waals surface area contributed by atoms with E-state index in [1.165, 1.54) is 0 Å². The van der Waals surface area contributed by atoms with Gasteiger partial charge in [-0.1, -0.05) is 12.1 Å². The number of benzene rings is 1. The molecule has 1 heterocycles. The van der Waals surface area contributed by atoms with Crippen molar-refractivity contribution >= 4 is 6.21 Å². The van der Waals surface area contributed by atoms with E-state index >= 15 is 0 Å². The van der Waals surface area contributed by atoms with Crippen LogP contribution < -0.4 is 0 Å². The van der Waals surface area contributed by atoms with Crippen LogP contribution in [0.25, 0.3) is 0 Å². The highest BCUT2D eigenvalue weighted by molar-refractivity contribution is 5.79. The number of piperazine rings is 1. The highest BCUT2D eigenvalue weighted by Crippen LogP contribution is 2.09. The molecule has 16 heavy (non-hydrogen) atoms. The van der Waals surface area contributed by atoms with Gasteiger partial charge in [0.15, 0.2) is 0 Å². The number of phenols is 1. The zero-order chi connectivity index (χ0) is 11.4. The summed E-state index contributed by atoms with van der Waals surface area (Å²) in [7, 11) is 2.12. The molecule has 1 aromatic rings. The molecule has 1 aliphatic heterocycles. The fourth-order valence-electron chi connectivity index (χ4n) is 1.66. The van der Waals surface area contributed by atoms with Gasteiger partial charge in [0.25, 0.3) is 0 Å². The number of nitrogens with zero attached hydrogens (tertiary/aromatic N) is 3. The minimum absolute atomic E-state index is 0.280. The first-order valence-electron chi connectivity index (χ1n) is 5.50. The molecule has 1 fully saturated rings. The molecule has 86 valence electrons. The normalized spacial score (nSPS) is 18.2. The Morgan fingerprint density at radius 1 is 1.25 bits per heavy atom. The van der Waals surface area contributed by atoms with Crippen LogP contribution in [0.5, 0.6) is 5.75 Å². The lowest BCUT2D eigenvalue weighted by Crippen LogP contribution is -2.41. The number of likely N-dealkylation sites (N-methyl/N-ethyl adjacent to an activating group) is 1. The van der Waals surface area contributed by atoms with Crippen LogP contribution in [0.2, 0.25) is 0 Å². The molecule has 0 amide bonds. The first-order chi connectivity index (χ1) is 7.74. The van der Waals surface area contributed by atoms with Crippen LogP contribution in [0.15, 0.2) is 29.4 Å². The van der Waals surface area contributed by atoms with Gasteiger partial charge in [0.2, 0.25) is 0 Å². The maximum absolute atomic E-state index is 9.30. The fourth-order valence-corrected chi connectivity index (χ4v) is 1.66. The molecule has 1 aromatic carbocycles. The summed E-state index contributed by atoms with van der Waals surface area (Å²) in [5.41, 5.74) is 0.930. The van der Waals surface area contributed by atoms with Gasteiger partial charge in [0.1, 0.15) is 5.75 Å². The van der Waals surface area contributed by atoms with E-state index in [2.05, 4.69) is 22.1 Å². The summed E-state index contributed by atoms with van der Waals surface area (Å²) in [6.45, 7) is 4.03. The fraction of sp³-hybridized carbons (Fsp3) is 0.417. The van der Waals surface area contributed by atoms with Crippen LogP contribution in [-0.2, 0) is 0 Å². The van der Waals surface area contributed by atoms with Gasteiger partial charge >= 0.3 is 0 Å². The molecule has 1 saturated heterocycles. The zero-order valence-electron chi connectivity index (χ0n) is 9.50. The molecular formula is C12H17N3O. The van der Waals surface area contributed by atoms with E-state index in [1.54, 1.807) is 18.3 Å². The average molecular weight is 219 g/mol. The lowest BCUT2D eigenvalue weighted by atomic mass is 10.2. The van der Waals surface area contributed by atoms with Crippen molar-refractivity contribution in [2.24, 2.45) is 5.10 Å². The Labute approximate surface area is 95.8 Å². The van der Waals surface area contributed by atoms with E-state index < -0.39 is 0 Å². The third-order valence-electron chi connectivity index (χ3n) is 2.72. The molecule has 4 heteroatoms. The Morgan fingerprint density at radius 3 is 2.69 bits per heavy atom. The highest BCUT2D eigenvalue weighted by atomic mass is 16.3. The zero-order valence-corrected chi connectivity index (χ0v) is 9.50. The van der Waals surface area contributed by atoms with Crippen molar-refractivity contribution in [2.45, 2.75) is 0 Å². The van der Waals surface area contributed by atoms with Crippen molar-refractivity contribution in [3.05, 3.63) is 29.8 Å². The number of hydrogen-bond donors (Lipinski definition) is 1. The minimum Gasteiger partial charge on any atom is -0.508 e. The summed E-state index contributed by atoms with van der Waals surface area (Å²) in [5.74, 6) is 0.280. The summed E-state index contributed by atoms with van der Waals surface area (Å²) in [5, 5.41) is 15.8. The van der Waals surface area contributed by atoms with E-state index in [-0.39, 0.29) is 5.75 Å². The number of phenolic OH excluding ortho intramolecular Hbond substituents is 1. The van der Waals surface area contributed by atoms with Gasteiger partial charge < -0.3 is 10.0 Å². The number of rotatable bonds is 2. The number of aromatic hydroxyl groups is 1. The second kappa shape index (κ2) is 4.99. The molecule has 2 rings (SSSR count). The van der Waals surface area contributed by atoms with E-state index in [0.29, 0.717) is 0 Å². The number of hydrogen-bond acceptors (Lipinski definition) is 4. The van der Waals surface area contributed by atoms with Crippen LogP contribution in [0.1, 0.15) is 5.56 Å². The van der Waals surface area contributed by atoms with Crippen LogP contribution in [-0.4, -0.2) is 54.5 Å². The second-order valence-electron chi connectivity index (χ2n) is 4.10. The highest BCUT2D eigenvalue weighted by Gasteiger charge is 2.10. The molecule has 1 aliphatic rings. The lowest BCUT2D eigenvalue weighted by Gasteiger charge is -2.30. The molecule has 4 nitrogen and oxygen atoms in total. The Hall–Kier alpha value is -1.55. The van der Waals surface area contributed by atoms with Crippen LogP contribution in [0.4, 0.5) is 0 Å². The van der Waals surface area contributed by atoms with Crippen molar-refractivity contribution < 1.29 is 5.11 Å². The Morgan fingerprint density at radius 2 is 2.00 bits per heavy atom. The minimum atomic E-state index is 0.280. The van der Waals surface area contributed by atoms with Crippen molar-refractivity contribution in [2.75, 3.05) is 33.2 Å². The van der Waals surface area contributed by atoms with Crippen LogP contribution >= 0.6 is 0 Å². The quantitative estimate of drug-likeness (QED) is 0.753. The maximum atomic E-state index is 9.30. The standard InChI is InChI=1S/C12H17N3O/c1-14-5-7-15(8-6-14)13-10-11-3-2-4-12(16)9-11/h2-4,9-10,16H,5-8H2,1H3. The SMILES string of the molecule is CN1CCN(N=Cc2cccc(O)c2)CC1. The van der Waals surface area contributed by atoms with Gasteiger partial charge in [0.05, 0.1) is 6.21 Å². The van der Waals surface area contributed by atoms with Crippen molar-refractivity contribution in [3.8, 4) is 5.75 Å². The van der Waals surface area contributed by atoms with Crippen LogP contribution in [0.3, 0.4) is 0 Å². The summed E-state index contributed by atoms with van der Waals surface area (Å²) in [4.78, 5) is 2.29. The first-order valence-corrected chi connectivity index (χ1v) is 5.50. The largest absolute Gasteiger partial charge is 0.508 e. The van der Waals surface area contributed by atoms with E-state index in [0.717, 1.165) is 31.7 Å². The van der Waals surface area contributed by atoms with Gasteiger partial charge in [-0.25, -0.2) is 0 Å². The Balaban J connectivity index is 1.94. The molecule has 0 aliphatic carbocycles. The molecule has 0 spiro atoms. The van der Waals surface area contributed by atoms with Crippen molar-refractivity contribution in [1.29, 1.82) is 0 Å². The smallest absolute Gasteiger partial charge is 0.116 e. The lowest BCUT2D eigenvalue weighted by molar-refractivity contribution is 0.159. The molecule has 0 radical (unpaired) electrons. The first kappa shape index (κ1) is 11.0. The monoisotopic (exact) mass is 219 g/mol. The van der Waals surface area contributed by atoms with Crippen molar-refractivity contribution in [1.82, 2.24) is 9.91 Å². The average Bonchev–Trinajstić information content (AvgIpc) is 2.28. The molecule has 1 N–H and O–H groups in total. The summed E-state index contributed by atoms with van der Waals surface area (Å²) in [6, 6.07) is 7.12. The van der Waals surface area contributed by atoms with Gasteiger partial charge in [-0.05, 0) is 24.7 Å². The third kappa shape index (κ3) is 2.97. The molecule has 0 unspecified atom stereocenters. The topological polar surface area (TPSA) is 39.1 Å².